The van der Waals surface area contributed by atoms with Crippen LogP contribution in [0.3, 0.4) is 0 Å². The Kier molecular flexibility index (Phi) is 6.44. The Morgan fingerprint density at radius 3 is 1.56 bits per heavy atom. The van der Waals surface area contributed by atoms with Crippen molar-refractivity contribution < 1.29 is 5.48 Å². The molecule has 0 bridgehead atoms. The zero-order valence-electron chi connectivity index (χ0n) is 30.9. The van der Waals surface area contributed by atoms with Crippen LogP contribution in [0.15, 0.2) is 188 Å². The average Bonchev–Trinajstić information content (AvgIpc) is 3.23. The van der Waals surface area contributed by atoms with Crippen LogP contribution in [-0.2, 0) is 0 Å². The number of nitrogens with zero attached hydrogens (tertiary/aromatic N) is 3. The summed E-state index contributed by atoms with van der Waals surface area (Å²) in [4.78, 5) is 14.9. The van der Waals surface area contributed by atoms with Gasteiger partial charge in [-0.15, -0.1) is 0 Å². The van der Waals surface area contributed by atoms with Crippen molar-refractivity contribution in [2.75, 3.05) is 0 Å². The second kappa shape index (κ2) is 12.7. The summed E-state index contributed by atoms with van der Waals surface area (Å²) in [6.07, 6.45) is 0. The Morgan fingerprint density at radius 2 is 0.800 bits per heavy atom. The van der Waals surface area contributed by atoms with Gasteiger partial charge in [-0.1, -0.05) is 182 Å². The van der Waals surface area contributed by atoms with Crippen molar-refractivity contribution in [3.8, 4) is 67.5 Å². The summed E-state index contributed by atoms with van der Waals surface area (Å²) in [5.41, 5.74) is 6.49. The number of fused-ring (bicyclic) bond motifs is 2. The molecule has 0 aliphatic carbocycles. The lowest BCUT2D eigenvalue weighted by Gasteiger charge is -2.14. The van der Waals surface area contributed by atoms with E-state index in [-0.39, 0.29) is 41.1 Å². The van der Waals surface area contributed by atoms with E-state index in [0.717, 1.165) is 54.9 Å². The summed E-state index contributed by atoms with van der Waals surface area (Å²) in [5, 5.41) is 4.00. The SMILES string of the molecule is [2H]c1c([2H])c(-c2nc(-c3ccccc3)nc(-c3ccccc3-c3cccc4ccccc34)n2)c([2H])c(-c2cccc3c(-c4ccccc4)cccc23)c1[2H]. The van der Waals surface area contributed by atoms with E-state index >= 15 is 0 Å². The van der Waals surface area contributed by atoms with Crippen LogP contribution in [0.25, 0.3) is 89.1 Å². The quantitative estimate of drug-likeness (QED) is 0.181. The minimum absolute atomic E-state index is 0.0747. The zero-order valence-corrected chi connectivity index (χ0v) is 26.9. The topological polar surface area (TPSA) is 38.7 Å². The highest BCUT2D eigenvalue weighted by molar-refractivity contribution is 6.05. The van der Waals surface area contributed by atoms with Gasteiger partial charge < -0.3 is 0 Å². The van der Waals surface area contributed by atoms with Gasteiger partial charge in [0, 0.05) is 16.7 Å². The van der Waals surface area contributed by atoms with Gasteiger partial charge in [-0.2, -0.15) is 0 Å². The van der Waals surface area contributed by atoms with Crippen LogP contribution in [0, 0.1) is 0 Å². The lowest BCUT2D eigenvalue weighted by molar-refractivity contribution is 1.07. The van der Waals surface area contributed by atoms with Gasteiger partial charge in [-0.05, 0) is 61.0 Å². The van der Waals surface area contributed by atoms with Crippen molar-refractivity contribution in [2.45, 2.75) is 0 Å². The van der Waals surface area contributed by atoms with Gasteiger partial charge in [0.05, 0.1) is 5.48 Å². The number of aromatic nitrogens is 3. The van der Waals surface area contributed by atoms with E-state index in [4.69, 9.17) is 17.7 Å². The summed E-state index contributed by atoms with van der Waals surface area (Å²) >= 11 is 0. The van der Waals surface area contributed by atoms with Crippen molar-refractivity contribution >= 4 is 21.5 Å². The highest BCUT2D eigenvalue weighted by Gasteiger charge is 2.17. The third-order valence-corrected chi connectivity index (χ3v) is 9.04. The second-order valence-electron chi connectivity index (χ2n) is 12.1. The van der Waals surface area contributed by atoms with Crippen LogP contribution in [0.2, 0.25) is 0 Å². The molecule has 0 aliphatic rings. The van der Waals surface area contributed by atoms with E-state index < -0.39 is 0 Å². The third kappa shape index (κ3) is 5.41. The molecule has 0 fully saturated rings. The molecule has 3 heteroatoms. The van der Waals surface area contributed by atoms with Crippen LogP contribution in [0.1, 0.15) is 5.48 Å². The predicted molar refractivity (Wildman–Crippen MR) is 207 cm³/mol. The monoisotopic (exact) mass is 641 g/mol. The number of benzene rings is 8. The van der Waals surface area contributed by atoms with Crippen LogP contribution >= 0.6 is 0 Å². The van der Waals surface area contributed by atoms with Crippen LogP contribution in [0.5, 0.6) is 0 Å². The molecule has 50 heavy (non-hydrogen) atoms. The van der Waals surface area contributed by atoms with Gasteiger partial charge in [-0.25, -0.2) is 15.0 Å². The molecule has 0 aliphatic heterocycles. The van der Waals surface area contributed by atoms with Gasteiger partial charge in [-0.3, -0.25) is 0 Å². The van der Waals surface area contributed by atoms with E-state index in [0.29, 0.717) is 17.2 Å². The average molecular weight is 642 g/mol. The fraction of sp³-hybridized carbons (Fsp3) is 0. The highest BCUT2D eigenvalue weighted by Crippen LogP contribution is 2.38. The first-order valence-electron chi connectivity index (χ1n) is 18.5. The Balaban J connectivity index is 1.30. The van der Waals surface area contributed by atoms with E-state index in [1.54, 1.807) is 0 Å². The minimum atomic E-state index is -0.299. The summed E-state index contributed by atoms with van der Waals surface area (Å²) in [6, 6.07) is 53.1. The van der Waals surface area contributed by atoms with E-state index in [2.05, 4.69) is 42.5 Å². The smallest absolute Gasteiger partial charge is 0.164 e. The normalized spacial score (nSPS) is 12.3. The fourth-order valence-corrected chi connectivity index (χ4v) is 6.69. The molecule has 9 rings (SSSR count). The Labute approximate surface area is 296 Å². The molecule has 1 aromatic heterocycles. The lowest BCUT2D eigenvalue weighted by Crippen LogP contribution is -2.01. The summed E-state index contributed by atoms with van der Waals surface area (Å²) in [6.45, 7) is 0. The first-order chi connectivity index (χ1) is 26.5. The van der Waals surface area contributed by atoms with Crippen LogP contribution < -0.4 is 0 Å². The number of rotatable bonds is 6. The van der Waals surface area contributed by atoms with E-state index in [1.807, 2.05) is 121 Å². The molecule has 0 N–H and O–H groups in total. The first-order valence-corrected chi connectivity index (χ1v) is 16.5. The van der Waals surface area contributed by atoms with Crippen LogP contribution in [0.4, 0.5) is 0 Å². The molecule has 0 saturated carbocycles. The third-order valence-electron chi connectivity index (χ3n) is 9.04. The standard InChI is InChI=1S/C47H31N3/c1-3-15-32(16-4-1)38-26-13-30-42-39(27-14-29-40(38)42)35-21-11-22-36(31-35)46-48-45(34-18-5-2-6-19-34)49-47(50-46)44-25-10-9-24-43(44)41-28-12-20-33-17-7-8-23-37(33)41/h1-31H/i11D,21D,22D,31D. The Bertz CT molecular complexity index is 2870. The van der Waals surface area contributed by atoms with Crippen molar-refractivity contribution in [3.63, 3.8) is 0 Å². The molecule has 8 aromatic carbocycles. The molecule has 0 unspecified atom stereocenters. The van der Waals surface area contributed by atoms with Crippen molar-refractivity contribution in [3.05, 3.63) is 188 Å². The van der Waals surface area contributed by atoms with Crippen molar-refractivity contribution in [1.29, 1.82) is 0 Å². The molecular formula is C47H31N3. The first kappa shape index (κ1) is 25.3. The summed E-state index contributed by atoms with van der Waals surface area (Å²) in [5.74, 6) is 0.853. The van der Waals surface area contributed by atoms with E-state index in [1.165, 1.54) is 0 Å². The Hall–Kier alpha value is -6.71. The van der Waals surface area contributed by atoms with Crippen molar-refractivity contribution in [2.24, 2.45) is 0 Å². The van der Waals surface area contributed by atoms with Gasteiger partial charge in [0.1, 0.15) is 0 Å². The van der Waals surface area contributed by atoms with E-state index in [9.17, 15) is 2.74 Å². The minimum Gasteiger partial charge on any atom is -0.208 e. The molecule has 0 spiro atoms. The number of hydrogen-bond acceptors (Lipinski definition) is 3. The zero-order chi connectivity index (χ0) is 36.8. The van der Waals surface area contributed by atoms with Crippen LogP contribution in [-0.4, -0.2) is 15.0 Å². The molecule has 3 nitrogen and oxygen atoms in total. The van der Waals surface area contributed by atoms with Gasteiger partial charge in [0.2, 0.25) is 0 Å². The van der Waals surface area contributed by atoms with Gasteiger partial charge in [0.15, 0.2) is 17.5 Å². The molecule has 0 atom stereocenters. The maximum Gasteiger partial charge on any atom is 0.164 e. The molecule has 9 aromatic rings. The number of hydrogen-bond donors (Lipinski definition) is 0. The Morgan fingerprint density at radius 1 is 0.320 bits per heavy atom. The predicted octanol–water partition coefficient (Wildman–Crippen LogP) is 12.2. The molecular weight excluding hydrogens is 607 g/mol. The van der Waals surface area contributed by atoms with Crippen molar-refractivity contribution in [1.82, 2.24) is 15.0 Å². The fourth-order valence-electron chi connectivity index (χ4n) is 6.69. The molecule has 1 heterocycles. The molecule has 0 amide bonds. The highest BCUT2D eigenvalue weighted by atomic mass is 15.0. The van der Waals surface area contributed by atoms with Gasteiger partial charge >= 0.3 is 0 Å². The molecule has 0 radical (unpaired) electrons. The maximum atomic E-state index is 9.69. The molecule has 234 valence electrons. The lowest BCUT2D eigenvalue weighted by atomic mass is 9.92. The summed E-state index contributed by atoms with van der Waals surface area (Å²) < 4.78 is 37.0. The van der Waals surface area contributed by atoms with Gasteiger partial charge in [0.25, 0.3) is 0 Å². The largest absolute Gasteiger partial charge is 0.208 e. The second-order valence-corrected chi connectivity index (χ2v) is 12.1. The maximum absolute atomic E-state index is 9.69. The molecule has 0 saturated heterocycles. The summed E-state index contributed by atoms with van der Waals surface area (Å²) in [7, 11) is 0.